The molecule has 4 nitrogen and oxygen atoms in total. The molecule has 1 aliphatic heterocycles. The van der Waals surface area contributed by atoms with Gasteiger partial charge in [-0.05, 0) is 36.3 Å². The van der Waals surface area contributed by atoms with Crippen molar-refractivity contribution in [3.63, 3.8) is 0 Å². The van der Waals surface area contributed by atoms with Crippen LogP contribution in [0.25, 0.3) is 0 Å². The number of thioether (sulfide) groups is 1. The van der Waals surface area contributed by atoms with Gasteiger partial charge in [0.05, 0.1) is 0 Å². The predicted molar refractivity (Wildman–Crippen MR) is 70.6 cm³/mol. The molecule has 2 heterocycles. The molecule has 0 spiro atoms. The highest BCUT2D eigenvalue weighted by molar-refractivity contribution is 7.99. The summed E-state index contributed by atoms with van der Waals surface area (Å²) in [6, 6.07) is 3.90. The van der Waals surface area contributed by atoms with E-state index in [0.29, 0.717) is 5.82 Å². The first kappa shape index (κ1) is 11.5. The quantitative estimate of drug-likeness (QED) is 0.552. The van der Waals surface area contributed by atoms with E-state index in [0.717, 1.165) is 18.2 Å². The van der Waals surface area contributed by atoms with Crippen molar-refractivity contribution in [1.29, 1.82) is 0 Å². The van der Waals surface area contributed by atoms with Gasteiger partial charge in [-0.1, -0.05) is 0 Å². The number of nitrogens with one attached hydrogen (secondary N) is 2. The van der Waals surface area contributed by atoms with Gasteiger partial charge in [0.1, 0.15) is 5.82 Å². The molecule has 1 aromatic heterocycles. The number of nitrogen functional groups attached to an aromatic ring is 1. The first-order chi connectivity index (χ1) is 7.88. The number of hydrogen-bond acceptors (Lipinski definition) is 5. The lowest BCUT2D eigenvalue weighted by Gasteiger charge is -2.22. The Morgan fingerprint density at radius 3 is 3.00 bits per heavy atom. The molecule has 0 atom stereocenters. The topological polar surface area (TPSA) is 63.0 Å². The summed E-state index contributed by atoms with van der Waals surface area (Å²) in [6.07, 6.45) is 4.41. The van der Waals surface area contributed by atoms with Gasteiger partial charge >= 0.3 is 0 Å². The molecule has 0 bridgehead atoms. The average molecular weight is 238 g/mol. The highest BCUT2D eigenvalue weighted by atomic mass is 32.2. The SMILES string of the molecule is NNc1cc(NCC2CCSCC2)ccn1. The van der Waals surface area contributed by atoms with Gasteiger partial charge in [0, 0.05) is 24.5 Å². The van der Waals surface area contributed by atoms with Crippen LogP contribution in [0.1, 0.15) is 12.8 Å². The van der Waals surface area contributed by atoms with Crippen LogP contribution in [0.15, 0.2) is 18.3 Å². The molecule has 16 heavy (non-hydrogen) atoms. The Kier molecular flexibility index (Phi) is 4.30. The molecule has 1 aliphatic rings. The standard InChI is InChI=1S/C11H18N4S/c12-15-11-7-10(1-4-13-11)14-8-9-2-5-16-6-3-9/h1,4,7,9H,2-3,5-6,8,12H2,(H2,13,14,15). The number of hydrazine groups is 1. The zero-order chi connectivity index (χ0) is 11.2. The molecule has 0 aliphatic carbocycles. The molecule has 2 rings (SSSR count). The highest BCUT2D eigenvalue weighted by Gasteiger charge is 2.13. The van der Waals surface area contributed by atoms with Gasteiger partial charge in [-0.15, -0.1) is 0 Å². The predicted octanol–water partition coefficient (Wildman–Crippen LogP) is 1.92. The van der Waals surface area contributed by atoms with E-state index >= 15 is 0 Å². The Balaban J connectivity index is 1.83. The number of hydrogen-bond donors (Lipinski definition) is 3. The van der Waals surface area contributed by atoms with Crippen molar-refractivity contribution in [3.05, 3.63) is 18.3 Å². The van der Waals surface area contributed by atoms with Crippen molar-refractivity contribution in [1.82, 2.24) is 4.98 Å². The maximum atomic E-state index is 5.31. The summed E-state index contributed by atoms with van der Waals surface area (Å²) in [6.45, 7) is 1.05. The summed E-state index contributed by atoms with van der Waals surface area (Å²) in [7, 11) is 0. The van der Waals surface area contributed by atoms with E-state index in [1.165, 1.54) is 24.3 Å². The minimum Gasteiger partial charge on any atom is -0.385 e. The fourth-order valence-corrected chi connectivity index (χ4v) is 3.04. The number of anilines is 2. The largest absolute Gasteiger partial charge is 0.385 e. The van der Waals surface area contributed by atoms with Crippen molar-refractivity contribution in [3.8, 4) is 0 Å². The van der Waals surface area contributed by atoms with E-state index in [1.807, 2.05) is 12.1 Å². The van der Waals surface area contributed by atoms with Crippen molar-refractivity contribution < 1.29 is 0 Å². The zero-order valence-corrected chi connectivity index (χ0v) is 10.1. The molecule has 0 saturated carbocycles. The lowest BCUT2D eigenvalue weighted by atomic mass is 10.0. The molecule has 0 radical (unpaired) electrons. The van der Waals surface area contributed by atoms with Crippen molar-refractivity contribution >= 4 is 23.3 Å². The second kappa shape index (κ2) is 5.96. The summed E-state index contributed by atoms with van der Waals surface area (Å²) in [5.74, 6) is 9.43. The zero-order valence-electron chi connectivity index (χ0n) is 9.28. The summed E-state index contributed by atoms with van der Waals surface area (Å²) in [5.41, 5.74) is 3.64. The number of pyridine rings is 1. The number of nitrogens with zero attached hydrogens (tertiary/aromatic N) is 1. The van der Waals surface area contributed by atoms with Crippen LogP contribution in [0, 0.1) is 5.92 Å². The lowest BCUT2D eigenvalue weighted by molar-refractivity contribution is 0.516. The van der Waals surface area contributed by atoms with Gasteiger partial charge in [0.15, 0.2) is 0 Å². The Labute approximate surface area is 100 Å². The average Bonchev–Trinajstić information content (AvgIpc) is 2.38. The molecular formula is C11H18N4S. The maximum absolute atomic E-state index is 5.31. The molecule has 1 aromatic rings. The number of nitrogens with two attached hydrogens (primary N) is 1. The summed E-state index contributed by atoms with van der Waals surface area (Å²) in [5, 5.41) is 3.44. The first-order valence-electron chi connectivity index (χ1n) is 5.63. The van der Waals surface area contributed by atoms with Crippen LogP contribution in [0.2, 0.25) is 0 Å². The van der Waals surface area contributed by atoms with Crippen molar-refractivity contribution in [2.75, 3.05) is 28.8 Å². The third-order valence-corrected chi connectivity index (χ3v) is 3.89. The van der Waals surface area contributed by atoms with Gasteiger partial charge in [0.2, 0.25) is 0 Å². The van der Waals surface area contributed by atoms with Gasteiger partial charge < -0.3 is 10.7 Å². The van der Waals surface area contributed by atoms with Gasteiger partial charge in [-0.2, -0.15) is 11.8 Å². The van der Waals surface area contributed by atoms with Crippen LogP contribution in [-0.4, -0.2) is 23.0 Å². The Morgan fingerprint density at radius 2 is 2.25 bits per heavy atom. The van der Waals surface area contributed by atoms with Gasteiger partial charge in [0.25, 0.3) is 0 Å². The van der Waals surface area contributed by atoms with Crippen LogP contribution >= 0.6 is 11.8 Å². The minimum absolute atomic E-state index is 0.698. The Bertz CT molecular complexity index is 326. The number of aromatic nitrogens is 1. The minimum atomic E-state index is 0.698. The lowest BCUT2D eigenvalue weighted by Crippen LogP contribution is -2.19. The van der Waals surface area contributed by atoms with E-state index in [1.54, 1.807) is 6.20 Å². The third-order valence-electron chi connectivity index (χ3n) is 2.84. The fourth-order valence-electron chi connectivity index (χ4n) is 1.83. The van der Waals surface area contributed by atoms with Gasteiger partial charge in [-0.25, -0.2) is 10.8 Å². The maximum Gasteiger partial charge on any atom is 0.141 e. The molecule has 0 aromatic carbocycles. The van der Waals surface area contributed by atoms with E-state index in [4.69, 9.17) is 5.84 Å². The molecule has 0 unspecified atom stereocenters. The molecule has 5 heteroatoms. The molecular weight excluding hydrogens is 220 g/mol. The fraction of sp³-hybridized carbons (Fsp3) is 0.545. The van der Waals surface area contributed by atoms with Crippen molar-refractivity contribution in [2.45, 2.75) is 12.8 Å². The van der Waals surface area contributed by atoms with E-state index in [-0.39, 0.29) is 0 Å². The molecule has 1 saturated heterocycles. The normalized spacial score (nSPS) is 17.1. The van der Waals surface area contributed by atoms with Gasteiger partial charge in [-0.3, -0.25) is 0 Å². The molecule has 88 valence electrons. The van der Waals surface area contributed by atoms with Crippen molar-refractivity contribution in [2.24, 2.45) is 11.8 Å². The second-order valence-corrected chi connectivity index (χ2v) is 5.24. The van der Waals surface area contributed by atoms with Crippen LogP contribution < -0.4 is 16.6 Å². The number of rotatable bonds is 4. The van der Waals surface area contributed by atoms with E-state index in [2.05, 4.69) is 27.5 Å². The first-order valence-corrected chi connectivity index (χ1v) is 6.78. The summed E-state index contributed by atoms with van der Waals surface area (Å²) < 4.78 is 0. The molecule has 4 N–H and O–H groups in total. The second-order valence-electron chi connectivity index (χ2n) is 4.01. The highest BCUT2D eigenvalue weighted by Crippen LogP contribution is 2.23. The summed E-state index contributed by atoms with van der Waals surface area (Å²) >= 11 is 2.06. The third kappa shape index (κ3) is 3.28. The summed E-state index contributed by atoms with van der Waals surface area (Å²) in [4.78, 5) is 4.07. The Morgan fingerprint density at radius 1 is 1.44 bits per heavy atom. The molecule has 0 amide bonds. The van der Waals surface area contributed by atoms with Crippen LogP contribution in [0.3, 0.4) is 0 Å². The van der Waals surface area contributed by atoms with E-state index < -0.39 is 0 Å². The Hall–Kier alpha value is -0.940. The van der Waals surface area contributed by atoms with Crippen LogP contribution in [0.5, 0.6) is 0 Å². The smallest absolute Gasteiger partial charge is 0.141 e. The van der Waals surface area contributed by atoms with Crippen LogP contribution in [-0.2, 0) is 0 Å². The van der Waals surface area contributed by atoms with Crippen LogP contribution in [0.4, 0.5) is 11.5 Å². The monoisotopic (exact) mass is 238 g/mol. The van der Waals surface area contributed by atoms with E-state index in [9.17, 15) is 0 Å². The molecule has 1 fully saturated rings.